The van der Waals surface area contributed by atoms with Crippen LogP contribution in [0.4, 0.5) is 0 Å². The fourth-order valence-corrected chi connectivity index (χ4v) is 5.29. The summed E-state index contributed by atoms with van der Waals surface area (Å²) in [6.07, 6.45) is 6.74. The van der Waals surface area contributed by atoms with E-state index in [1.54, 1.807) is 0 Å². The number of aryl methyl sites for hydroxylation is 1. The van der Waals surface area contributed by atoms with E-state index in [1.807, 2.05) is 19.1 Å². The molecule has 1 aromatic carbocycles. The monoisotopic (exact) mass is 521 g/mol. The molecule has 200 valence electrons. The second-order valence-corrected chi connectivity index (χ2v) is 10.2. The molecule has 3 aromatic rings. The Balaban J connectivity index is 1.27. The number of hydrogen-bond donors (Lipinski definition) is 4. The van der Waals surface area contributed by atoms with Crippen LogP contribution >= 0.6 is 0 Å². The standard InChI is InChI=1S/C27H31N5O6/c1-14-21(27(35)32-17-6-4-16(5-7-17)31-20(34)10-33)23-25(30-14)24(29-12-28-23)22-18(36-11-15-2-3-15)8-9-19-26(22)38-13-37-19/h8-9,12,15-17,30,33H,2-7,10-11,13H2,1H3,(H,31,34)(H,32,35). The van der Waals surface area contributed by atoms with Crippen molar-refractivity contribution in [1.29, 1.82) is 0 Å². The van der Waals surface area contributed by atoms with Crippen molar-refractivity contribution in [2.45, 2.75) is 57.5 Å². The third kappa shape index (κ3) is 4.73. The average Bonchev–Trinajstić information content (AvgIpc) is 3.51. The maximum Gasteiger partial charge on any atom is 0.255 e. The van der Waals surface area contributed by atoms with Gasteiger partial charge in [0.05, 0.1) is 23.3 Å². The van der Waals surface area contributed by atoms with Gasteiger partial charge in [0, 0.05) is 17.8 Å². The zero-order chi connectivity index (χ0) is 26.2. The van der Waals surface area contributed by atoms with Crippen molar-refractivity contribution in [2.24, 2.45) is 5.92 Å². The van der Waals surface area contributed by atoms with Gasteiger partial charge >= 0.3 is 0 Å². The second kappa shape index (κ2) is 10.1. The number of nitrogens with one attached hydrogen (secondary N) is 3. The van der Waals surface area contributed by atoms with E-state index in [1.165, 1.54) is 19.2 Å². The number of benzene rings is 1. The van der Waals surface area contributed by atoms with Crippen LogP contribution in [0, 0.1) is 12.8 Å². The van der Waals surface area contributed by atoms with Crippen molar-refractivity contribution >= 4 is 22.8 Å². The number of fused-ring (bicyclic) bond motifs is 2. The highest BCUT2D eigenvalue weighted by Crippen LogP contribution is 2.48. The minimum atomic E-state index is -0.514. The van der Waals surface area contributed by atoms with Gasteiger partial charge in [0.25, 0.3) is 5.91 Å². The van der Waals surface area contributed by atoms with Crippen LogP contribution in [0.25, 0.3) is 22.3 Å². The summed E-state index contributed by atoms with van der Waals surface area (Å²) in [5.41, 5.74) is 3.59. The smallest absolute Gasteiger partial charge is 0.255 e. The number of hydrogen-bond acceptors (Lipinski definition) is 8. The molecule has 11 nitrogen and oxygen atoms in total. The largest absolute Gasteiger partial charge is 0.492 e. The minimum Gasteiger partial charge on any atom is -0.492 e. The van der Waals surface area contributed by atoms with Gasteiger partial charge in [-0.05, 0) is 63.5 Å². The van der Waals surface area contributed by atoms with E-state index in [-0.39, 0.29) is 30.7 Å². The van der Waals surface area contributed by atoms with Gasteiger partial charge in [-0.2, -0.15) is 0 Å². The van der Waals surface area contributed by atoms with Crippen molar-refractivity contribution in [1.82, 2.24) is 25.6 Å². The Hall–Kier alpha value is -3.86. The third-order valence-electron chi connectivity index (χ3n) is 7.48. The summed E-state index contributed by atoms with van der Waals surface area (Å²) < 4.78 is 17.6. The van der Waals surface area contributed by atoms with E-state index in [9.17, 15) is 9.59 Å². The molecule has 4 N–H and O–H groups in total. The van der Waals surface area contributed by atoms with E-state index < -0.39 is 6.61 Å². The molecule has 0 radical (unpaired) electrons. The number of rotatable bonds is 8. The number of ether oxygens (including phenoxy) is 3. The molecule has 6 rings (SSSR count). The highest BCUT2D eigenvalue weighted by Gasteiger charge is 2.30. The molecule has 2 saturated carbocycles. The molecule has 2 fully saturated rings. The summed E-state index contributed by atoms with van der Waals surface area (Å²) in [4.78, 5) is 37.3. The number of aromatic nitrogens is 3. The number of nitrogens with zero attached hydrogens (tertiary/aromatic N) is 2. The number of carbonyl (C=O) groups is 2. The Bertz CT molecular complexity index is 1380. The first-order chi connectivity index (χ1) is 18.5. The molecule has 11 heteroatoms. The molecule has 2 aliphatic carbocycles. The highest BCUT2D eigenvalue weighted by atomic mass is 16.7. The summed E-state index contributed by atoms with van der Waals surface area (Å²) in [6, 6.07) is 3.72. The Labute approximate surface area is 219 Å². The van der Waals surface area contributed by atoms with E-state index in [0.717, 1.165) is 25.7 Å². The lowest BCUT2D eigenvalue weighted by Gasteiger charge is -2.29. The lowest BCUT2D eigenvalue weighted by Crippen LogP contribution is -2.44. The number of aromatic amines is 1. The minimum absolute atomic E-state index is 0.0131. The Kier molecular flexibility index (Phi) is 6.52. The summed E-state index contributed by atoms with van der Waals surface area (Å²) in [5, 5.41) is 14.9. The van der Waals surface area contributed by atoms with E-state index >= 15 is 0 Å². The molecular formula is C27H31N5O6. The normalized spacial score (nSPS) is 20.4. The first-order valence-corrected chi connectivity index (χ1v) is 13.1. The second-order valence-electron chi connectivity index (χ2n) is 10.2. The van der Waals surface area contributed by atoms with Gasteiger partial charge in [0.1, 0.15) is 29.9 Å². The molecule has 2 amide bonds. The number of aliphatic hydroxyl groups is 1. The SMILES string of the molecule is Cc1[nH]c2c(-c3c(OCC4CC4)ccc4c3OCO4)ncnc2c1C(=O)NC1CCC(NC(=O)CO)CC1. The van der Waals surface area contributed by atoms with Crippen molar-refractivity contribution in [3.05, 3.63) is 29.7 Å². The zero-order valence-corrected chi connectivity index (χ0v) is 21.2. The summed E-state index contributed by atoms with van der Waals surface area (Å²) in [5.74, 6) is 1.85. The van der Waals surface area contributed by atoms with Crippen LogP contribution in [0.3, 0.4) is 0 Å². The number of aliphatic hydroxyl groups excluding tert-OH is 1. The van der Waals surface area contributed by atoms with Crippen molar-refractivity contribution in [2.75, 3.05) is 20.0 Å². The van der Waals surface area contributed by atoms with Crippen LogP contribution in [0.15, 0.2) is 18.5 Å². The van der Waals surface area contributed by atoms with Gasteiger partial charge in [-0.3, -0.25) is 9.59 Å². The van der Waals surface area contributed by atoms with Crippen LogP contribution in [-0.2, 0) is 4.79 Å². The highest BCUT2D eigenvalue weighted by molar-refractivity contribution is 6.09. The summed E-state index contributed by atoms with van der Waals surface area (Å²) >= 11 is 0. The maximum atomic E-state index is 13.4. The third-order valence-corrected chi connectivity index (χ3v) is 7.48. The quantitative estimate of drug-likeness (QED) is 0.354. The Morgan fingerprint density at radius 1 is 1.08 bits per heavy atom. The van der Waals surface area contributed by atoms with Crippen LogP contribution < -0.4 is 24.8 Å². The van der Waals surface area contributed by atoms with Crippen LogP contribution in [0.1, 0.15) is 54.6 Å². The lowest BCUT2D eigenvalue weighted by atomic mass is 9.91. The molecule has 3 heterocycles. The van der Waals surface area contributed by atoms with Gasteiger partial charge in [0.2, 0.25) is 12.7 Å². The molecule has 0 saturated heterocycles. The molecule has 0 atom stereocenters. The fraction of sp³-hybridized carbons (Fsp3) is 0.481. The van der Waals surface area contributed by atoms with Crippen molar-refractivity contribution in [3.63, 3.8) is 0 Å². The predicted molar refractivity (Wildman–Crippen MR) is 137 cm³/mol. The lowest BCUT2D eigenvalue weighted by molar-refractivity contribution is -0.124. The molecule has 38 heavy (non-hydrogen) atoms. The van der Waals surface area contributed by atoms with Crippen molar-refractivity contribution < 1.29 is 28.9 Å². The molecule has 0 bridgehead atoms. The molecule has 0 spiro atoms. The van der Waals surface area contributed by atoms with Gasteiger partial charge in [-0.25, -0.2) is 9.97 Å². The predicted octanol–water partition coefficient (Wildman–Crippen LogP) is 2.60. The zero-order valence-electron chi connectivity index (χ0n) is 21.2. The number of amides is 2. The van der Waals surface area contributed by atoms with E-state index in [0.29, 0.717) is 63.3 Å². The van der Waals surface area contributed by atoms with Gasteiger partial charge in [0.15, 0.2) is 11.5 Å². The Morgan fingerprint density at radius 3 is 2.58 bits per heavy atom. The van der Waals surface area contributed by atoms with Crippen molar-refractivity contribution in [3.8, 4) is 28.5 Å². The molecule has 1 aliphatic heterocycles. The van der Waals surface area contributed by atoms with Crippen LogP contribution in [0.2, 0.25) is 0 Å². The first-order valence-electron chi connectivity index (χ1n) is 13.1. The van der Waals surface area contributed by atoms with Gasteiger partial charge in [-0.1, -0.05) is 0 Å². The van der Waals surface area contributed by atoms with Gasteiger partial charge in [-0.15, -0.1) is 0 Å². The van der Waals surface area contributed by atoms with Crippen LogP contribution in [-0.4, -0.2) is 64.0 Å². The molecule has 3 aliphatic rings. The Morgan fingerprint density at radius 2 is 1.84 bits per heavy atom. The molecule has 2 aromatic heterocycles. The summed E-state index contributed by atoms with van der Waals surface area (Å²) in [7, 11) is 0. The summed E-state index contributed by atoms with van der Waals surface area (Å²) in [6.45, 7) is 2.08. The topological polar surface area (TPSA) is 148 Å². The van der Waals surface area contributed by atoms with E-state index in [2.05, 4.69) is 25.6 Å². The van der Waals surface area contributed by atoms with Crippen LogP contribution in [0.5, 0.6) is 17.2 Å². The average molecular weight is 522 g/mol. The van der Waals surface area contributed by atoms with E-state index in [4.69, 9.17) is 19.3 Å². The molecule has 0 unspecified atom stereocenters. The maximum absolute atomic E-state index is 13.4. The number of carbonyl (C=O) groups excluding carboxylic acids is 2. The number of H-pyrrole nitrogens is 1. The molecular weight excluding hydrogens is 490 g/mol. The fourth-order valence-electron chi connectivity index (χ4n) is 5.29. The van der Waals surface area contributed by atoms with Gasteiger partial charge < -0.3 is 34.9 Å². The first kappa shape index (κ1) is 24.5.